The van der Waals surface area contributed by atoms with Crippen molar-refractivity contribution in [3.05, 3.63) is 65.4 Å². The molecule has 0 aliphatic carbocycles. The van der Waals surface area contributed by atoms with Crippen LogP contribution in [-0.4, -0.2) is 61.0 Å². The number of piperazine rings is 1. The molecule has 2 heterocycles. The summed E-state index contributed by atoms with van der Waals surface area (Å²) in [5.41, 5.74) is 4.60. The largest absolute Gasteiger partial charge is 0.369 e. The first-order valence-electron chi connectivity index (χ1n) is 13.5. The fraction of sp³-hybridized carbons (Fsp3) is 0.467. The van der Waals surface area contributed by atoms with Crippen LogP contribution < -0.4 is 15.5 Å². The van der Waals surface area contributed by atoms with Crippen LogP contribution in [0.2, 0.25) is 0 Å². The fourth-order valence-electron chi connectivity index (χ4n) is 4.87. The Morgan fingerprint density at radius 3 is 2.38 bits per heavy atom. The molecule has 2 unspecified atom stereocenters. The van der Waals surface area contributed by atoms with Crippen LogP contribution in [0.4, 0.5) is 5.69 Å². The van der Waals surface area contributed by atoms with Gasteiger partial charge in [-0.3, -0.25) is 9.59 Å². The monoisotopic (exact) mass is 503 g/mol. The summed E-state index contributed by atoms with van der Waals surface area (Å²) >= 11 is 0. The average molecular weight is 504 g/mol. The van der Waals surface area contributed by atoms with Crippen molar-refractivity contribution in [1.29, 1.82) is 0 Å². The highest BCUT2D eigenvalue weighted by Crippen LogP contribution is 2.22. The first kappa shape index (κ1) is 26.7. The number of benzene rings is 2. The summed E-state index contributed by atoms with van der Waals surface area (Å²) in [6.07, 6.45) is 2.53. The molecular formula is C30H41N5O2. The Bertz CT molecular complexity index is 1190. The average Bonchev–Trinajstić information content (AvgIpc) is 3.26. The molecular weight excluding hydrogens is 462 g/mol. The smallest absolute Gasteiger partial charge is 0.268 e. The molecule has 4 rings (SSSR count). The molecule has 37 heavy (non-hydrogen) atoms. The van der Waals surface area contributed by atoms with Gasteiger partial charge in [0.25, 0.3) is 5.91 Å². The van der Waals surface area contributed by atoms with E-state index in [0.29, 0.717) is 24.6 Å². The molecule has 2 atom stereocenters. The van der Waals surface area contributed by atoms with E-state index in [1.54, 1.807) is 0 Å². The van der Waals surface area contributed by atoms with Crippen LogP contribution in [0.1, 0.15) is 54.7 Å². The fourth-order valence-corrected chi connectivity index (χ4v) is 4.87. The van der Waals surface area contributed by atoms with E-state index in [-0.39, 0.29) is 11.8 Å². The summed E-state index contributed by atoms with van der Waals surface area (Å²) in [7, 11) is 2.16. The van der Waals surface area contributed by atoms with Crippen LogP contribution in [0.5, 0.6) is 0 Å². The van der Waals surface area contributed by atoms with Gasteiger partial charge >= 0.3 is 0 Å². The van der Waals surface area contributed by atoms with Gasteiger partial charge in [0.05, 0.1) is 0 Å². The standard InChI is InChI=1S/C30H41N5O2/c1-5-21(2)10-15-27(33-30(37)28-22(3)25-8-6-7-9-26(25)32-28)29(36)31-20-23-11-13-24(14-12-23)35-18-16-34(4)17-19-35/h6-9,11-14,21,27,32H,5,10,15-20H2,1-4H3,(H,31,36)(H,33,37). The summed E-state index contributed by atoms with van der Waals surface area (Å²) < 4.78 is 0. The number of anilines is 1. The molecule has 1 aliphatic heterocycles. The number of nitrogens with zero attached hydrogens (tertiary/aromatic N) is 2. The van der Waals surface area contributed by atoms with Crippen LogP contribution in [-0.2, 0) is 11.3 Å². The zero-order chi connectivity index (χ0) is 26.4. The lowest BCUT2D eigenvalue weighted by Gasteiger charge is -2.34. The quantitative estimate of drug-likeness (QED) is 0.381. The first-order valence-corrected chi connectivity index (χ1v) is 13.5. The normalized spacial score (nSPS) is 15.9. The highest BCUT2D eigenvalue weighted by molar-refractivity contribution is 6.02. The summed E-state index contributed by atoms with van der Waals surface area (Å²) in [5.74, 6) is 0.104. The van der Waals surface area contributed by atoms with Gasteiger partial charge in [-0.2, -0.15) is 0 Å². The van der Waals surface area contributed by atoms with Gasteiger partial charge in [-0.1, -0.05) is 50.6 Å². The Kier molecular flexibility index (Phi) is 8.87. The van der Waals surface area contributed by atoms with Crippen LogP contribution in [0.25, 0.3) is 10.9 Å². The Hall–Kier alpha value is -3.32. The number of rotatable bonds is 10. The second kappa shape index (κ2) is 12.3. The second-order valence-electron chi connectivity index (χ2n) is 10.5. The van der Waals surface area contributed by atoms with E-state index < -0.39 is 6.04 Å². The van der Waals surface area contributed by atoms with Crippen molar-refractivity contribution in [2.45, 2.75) is 52.6 Å². The molecule has 2 aromatic carbocycles. The third kappa shape index (κ3) is 6.72. The van der Waals surface area contributed by atoms with Crippen molar-refractivity contribution in [3.63, 3.8) is 0 Å². The zero-order valence-corrected chi connectivity index (χ0v) is 22.6. The van der Waals surface area contributed by atoms with Crippen molar-refractivity contribution in [2.75, 3.05) is 38.1 Å². The van der Waals surface area contributed by atoms with Crippen LogP contribution >= 0.6 is 0 Å². The molecule has 3 aromatic rings. The lowest BCUT2D eigenvalue weighted by atomic mass is 9.98. The second-order valence-corrected chi connectivity index (χ2v) is 10.5. The third-order valence-corrected chi connectivity index (χ3v) is 7.73. The molecule has 0 saturated carbocycles. The van der Waals surface area contributed by atoms with Gasteiger partial charge in [0, 0.05) is 49.3 Å². The molecule has 198 valence electrons. The minimum absolute atomic E-state index is 0.145. The maximum absolute atomic E-state index is 13.2. The molecule has 7 heteroatoms. The van der Waals surface area contributed by atoms with Gasteiger partial charge in [-0.15, -0.1) is 0 Å². The SMILES string of the molecule is CCC(C)CCC(NC(=O)c1[nH]c2ccccc2c1C)C(=O)NCc1ccc(N2CCN(C)CC2)cc1. The number of fused-ring (bicyclic) bond motifs is 1. The predicted octanol–water partition coefficient (Wildman–Crippen LogP) is 4.47. The van der Waals surface area contributed by atoms with Gasteiger partial charge in [0.15, 0.2) is 0 Å². The molecule has 2 amide bonds. The Labute approximate surface area is 220 Å². The number of H-pyrrole nitrogens is 1. The van der Waals surface area contributed by atoms with Gasteiger partial charge in [0.1, 0.15) is 11.7 Å². The maximum Gasteiger partial charge on any atom is 0.268 e. The summed E-state index contributed by atoms with van der Waals surface area (Å²) in [4.78, 5) is 34.4. The Balaban J connectivity index is 1.39. The number of hydrogen-bond acceptors (Lipinski definition) is 4. The molecule has 1 aromatic heterocycles. The van der Waals surface area contributed by atoms with E-state index in [1.807, 2.05) is 31.2 Å². The van der Waals surface area contributed by atoms with Crippen molar-refractivity contribution in [1.82, 2.24) is 20.5 Å². The van der Waals surface area contributed by atoms with Crippen molar-refractivity contribution >= 4 is 28.4 Å². The lowest BCUT2D eigenvalue weighted by molar-refractivity contribution is -0.123. The van der Waals surface area contributed by atoms with Gasteiger partial charge < -0.3 is 25.4 Å². The van der Waals surface area contributed by atoms with E-state index in [2.05, 4.69) is 70.6 Å². The van der Waals surface area contributed by atoms with Crippen molar-refractivity contribution < 1.29 is 9.59 Å². The zero-order valence-electron chi connectivity index (χ0n) is 22.6. The minimum Gasteiger partial charge on any atom is -0.369 e. The highest BCUT2D eigenvalue weighted by atomic mass is 16.2. The maximum atomic E-state index is 13.2. The number of carbonyl (C=O) groups excluding carboxylic acids is 2. The summed E-state index contributed by atoms with van der Waals surface area (Å²) in [6, 6.07) is 15.7. The first-order chi connectivity index (χ1) is 17.9. The van der Waals surface area contributed by atoms with Crippen LogP contribution in [0.15, 0.2) is 48.5 Å². The summed E-state index contributed by atoms with van der Waals surface area (Å²) in [5, 5.41) is 7.09. The molecule has 0 radical (unpaired) electrons. The van der Waals surface area contributed by atoms with E-state index in [0.717, 1.165) is 61.1 Å². The number of likely N-dealkylation sites (N-methyl/N-ethyl adjacent to an activating group) is 1. The lowest BCUT2D eigenvalue weighted by Crippen LogP contribution is -2.47. The molecule has 3 N–H and O–H groups in total. The number of hydrogen-bond donors (Lipinski definition) is 3. The molecule has 1 aliphatic rings. The van der Waals surface area contributed by atoms with Crippen molar-refractivity contribution in [3.8, 4) is 0 Å². The molecule has 0 spiro atoms. The van der Waals surface area contributed by atoms with Gasteiger partial charge in [0.2, 0.25) is 5.91 Å². The number of aromatic amines is 1. The molecule has 0 bridgehead atoms. The number of carbonyl (C=O) groups is 2. The highest BCUT2D eigenvalue weighted by Gasteiger charge is 2.24. The van der Waals surface area contributed by atoms with Gasteiger partial charge in [-0.05, 0) is 62.1 Å². The van der Waals surface area contributed by atoms with Gasteiger partial charge in [-0.25, -0.2) is 0 Å². The molecule has 1 saturated heterocycles. The predicted molar refractivity (Wildman–Crippen MR) is 151 cm³/mol. The molecule has 1 fully saturated rings. The topological polar surface area (TPSA) is 80.5 Å². The van der Waals surface area contributed by atoms with E-state index in [9.17, 15) is 9.59 Å². The molecule has 7 nitrogen and oxygen atoms in total. The summed E-state index contributed by atoms with van der Waals surface area (Å²) in [6.45, 7) is 10.9. The Morgan fingerprint density at radius 1 is 1.00 bits per heavy atom. The van der Waals surface area contributed by atoms with E-state index in [1.165, 1.54) is 5.69 Å². The Morgan fingerprint density at radius 2 is 1.70 bits per heavy atom. The number of nitrogens with one attached hydrogen (secondary N) is 3. The van der Waals surface area contributed by atoms with Crippen LogP contribution in [0, 0.1) is 12.8 Å². The minimum atomic E-state index is -0.586. The van der Waals surface area contributed by atoms with E-state index >= 15 is 0 Å². The number of para-hydroxylation sites is 1. The van der Waals surface area contributed by atoms with Crippen molar-refractivity contribution in [2.24, 2.45) is 5.92 Å². The van der Waals surface area contributed by atoms with E-state index in [4.69, 9.17) is 0 Å². The number of amides is 2. The third-order valence-electron chi connectivity index (χ3n) is 7.73. The number of aromatic nitrogens is 1. The van der Waals surface area contributed by atoms with Crippen LogP contribution in [0.3, 0.4) is 0 Å². The number of aryl methyl sites for hydroxylation is 1.